The van der Waals surface area contributed by atoms with Crippen molar-refractivity contribution in [2.45, 2.75) is 33.6 Å². The van der Waals surface area contributed by atoms with Gasteiger partial charge in [0.2, 0.25) is 5.91 Å². The van der Waals surface area contributed by atoms with Gasteiger partial charge in [-0.3, -0.25) is 9.59 Å². The molecule has 0 bridgehead atoms. The Balaban J connectivity index is 1.77. The standard InChI is InChI=1S/C20H23ClN2O2/c1-13-11-14(2)19(15(3)12-13)23-18(24)5-4-10-22-20(25)16-6-8-17(21)9-7-16/h6-9,11-12H,4-5,10H2,1-3H3,(H,22,25)(H,23,24). The highest BCUT2D eigenvalue weighted by Crippen LogP contribution is 2.22. The minimum absolute atomic E-state index is 0.0456. The predicted molar refractivity (Wildman–Crippen MR) is 102 cm³/mol. The number of carbonyl (C=O) groups is 2. The molecule has 25 heavy (non-hydrogen) atoms. The summed E-state index contributed by atoms with van der Waals surface area (Å²) in [7, 11) is 0. The van der Waals surface area contributed by atoms with Gasteiger partial charge in [-0.2, -0.15) is 0 Å². The van der Waals surface area contributed by atoms with Crippen molar-refractivity contribution < 1.29 is 9.59 Å². The van der Waals surface area contributed by atoms with Gasteiger partial charge in [-0.25, -0.2) is 0 Å². The summed E-state index contributed by atoms with van der Waals surface area (Å²) >= 11 is 5.80. The van der Waals surface area contributed by atoms with Crippen molar-refractivity contribution in [1.82, 2.24) is 5.32 Å². The Labute approximate surface area is 153 Å². The van der Waals surface area contributed by atoms with E-state index in [1.807, 2.05) is 20.8 Å². The fourth-order valence-corrected chi connectivity index (χ4v) is 2.86. The number of hydrogen-bond donors (Lipinski definition) is 2. The number of hydrogen-bond acceptors (Lipinski definition) is 2. The van der Waals surface area contributed by atoms with Gasteiger partial charge in [0.25, 0.3) is 5.91 Å². The summed E-state index contributed by atoms with van der Waals surface area (Å²) in [5.41, 5.74) is 4.72. The van der Waals surface area contributed by atoms with Crippen LogP contribution in [0.25, 0.3) is 0 Å². The van der Waals surface area contributed by atoms with E-state index in [0.717, 1.165) is 16.8 Å². The molecule has 0 atom stereocenters. The summed E-state index contributed by atoms with van der Waals surface area (Å²) in [6, 6.07) is 10.8. The topological polar surface area (TPSA) is 58.2 Å². The smallest absolute Gasteiger partial charge is 0.251 e. The molecular weight excluding hydrogens is 336 g/mol. The second-order valence-corrected chi connectivity index (χ2v) is 6.62. The van der Waals surface area contributed by atoms with E-state index in [2.05, 4.69) is 22.8 Å². The van der Waals surface area contributed by atoms with E-state index in [1.165, 1.54) is 5.56 Å². The highest BCUT2D eigenvalue weighted by Gasteiger charge is 2.09. The highest BCUT2D eigenvalue weighted by atomic mass is 35.5. The molecule has 0 saturated heterocycles. The minimum atomic E-state index is -0.165. The van der Waals surface area contributed by atoms with Crippen molar-refractivity contribution in [3.05, 3.63) is 63.7 Å². The van der Waals surface area contributed by atoms with E-state index in [1.54, 1.807) is 24.3 Å². The molecule has 132 valence electrons. The zero-order valence-electron chi connectivity index (χ0n) is 14.8. The Morgan fingerprint density at radius 2 is 1.60 bits per heavy atom. The van der Waals surface area contributed by atoms with Gasteiger partial charge in [0.1, 0.15) is 0 Å². The fourth-order valence-electron chi connectivity index (χ4n) is 2.73. The lowest BCUT2D eigenvalue weighted by Crippen LogP contribution is -2.25. The Bertz CT molecular complexity index is 747. The number of anilines is 1. The van der Waals surface area contributed by atoms with Crippen LogP contribution in [-0.4, -0.2) is 18.4 Å². The minimum Gasteiger partial charge on any atom is -0.352 e. The molecule has 0 fully saturated rings. The molecule has 5 heteroatoms. The van der Waals surface area contributed by atoms with Crippen molar-refractivity contribution in [2.24, 2.45) is 0 Å². The Kier molecular flexibility index (Phi) is 6.59. The first-order valence-corrected chi connectivity index (χ1v) is 8.66. The molecule has 0 unspecified atom stereocenters. The lowest BCUT2D eigenvalue weighted by atomic mass is 10.0. The molecule has 4 nitrogen and oxygen atoms in total. The van der Waals surface area contributed by atoms with Crippen LogP contribution in [0.15, 0.2) is 36.4 Å². The van der Waals surface area contributed by atoms with Crippen LogP contribution in [0.2, 0.25) is 5.02 Å². The van der Waals surface area contributed by atoms with Crippen molar-refractivity contribution in [1.29, 1.82) is 0 Å². The molecule has 0 aliphatic carbocycles. The van der Waals surface area contributed by atoms with Crippen LogP contribution < -0.4 is 10.6 Å². The summed E-state index contributed by atoms with van der Waals surface area (Å²) in [6.07, 6.45) is 0.933. The molecule has 0 aromatic heterocycles. The van der Waals surface area contributed by atoms with Crippen LogP contribution in [0.5, 0.6) is 0 Å². The van der Waals surface area contributed by atoms with Gasteiger partial charge in [-0.05, 0) is 62.6 Å². The molecule has 2 aromatic carbocycles. The first-order chi connectivity index (χ1) is 11.9. The normalized spacial score (nSPS) is 10.4. The van der Waals surface area contributed by atoms with E-state index in [0.29, 0.717) is 30.0 Å². The Hall–Kier alpha value is -2.33. The number of nitrogens with one attached hydrogen (secondary N) is 2. The monoisotopic (exact) mass is 358 g/mol. The van der Waals surface area contributed by atoms with E-state index in [4.69, 9.17) is 11.6 Å². The number of amides is 2. The summed E-state index contributed by atoms with van der Waals surface area (Å²) < 4.78 is 0. The number of benzene rings is 2. The molecule has 0 saturated carbocycles. The second-order valence-electron chi connectivity index (χ2n) is 6.19. The first-order valence-electron chi connectivity index (χ1n) is 8.28. The first kappa shape index (κ1) is 19.0. The molecule has 2 rings (SSSR count). The Morgan fingerprint density at radius 1 is 1.00 bits per heavy atom. The Morgan fingerprint density at radius 3 is 2.20 bits per heavy atom. The van der Waals surface area contributed by atoms with Crippen molar-refractivity contribution in [3.8, 4) is 0 Å². The van der Waals surface area contributed by atoms with Crippen molar-refractivity contribution in [3.63, 3.8) is 0 Å². The molecular formula is C20H23ClN2O2. The summed E-state index contributed by atoms with van der Waals surface area (Å²) in [5.74, 6) is -0.210. The van der Waals surface area contributed by atoms with Gasteiger partial charge in [0.15, 0.2) is 0 Å². The quantitative estimate of drug-likeness (QED) is 0.751. The molecule has 2 amide bonds. The average Bonchev–Trinajstić information content (AvgIpc) is 2.55. The van der Waals surface area contributed by atoms with E-state index < -0.39 is 0 Å². The second kappa shape index (κ2) is 8.67. The van der Waals surface area contributed by atoms with Crippen molar-refractivity contribution in [2.75, 3.05) is 11.9 Å². The van der Waals surface area contributed by atoms with Crippen LogP contribution in [0.3, 0.4) is 0 Å². The lowest BCUT2D eigenvalue weighted by Gasteiger charge is -2.13. The van der Waals surface area contributed by atoms with E-state index >= 15 is 0 Å². The lowest BCUT2D eigenvalue weighted by molar-refractivity contribution is -0.116. The van der Waals surface area contributed by atoms with E-state index in [-0.39, 0.29) is 11.8 Å². The number of rotatable bonds is 6. The van der Waals surface area contributed by atoms with Gasteiger partial charge in [0, 0.05) is 29.2 Å². The highest BCUT2D eigenvalue weighted by molar-refractivity contribution is 6.30. The van der Waals surface area contributed by atoms with Gasteiger partial charge in [0.05, 0.1) is 0 Å². The van der Waals surface area contributed by atoms with E-state index in [9.17, 15) is 9.59 Å². The molecule has 0 spiro atoms. The molecule has 0 aliphatic heterocycles. The van der Waals surface area contributed by atoms with Gasteiger partial charge in [-0.1, -0.05) is 29.3 Å². The van der Waals surface area contributed by atoms with Gasteiger partial charge >= 0.3 is 0 Å². The van der Waals surface area contributed by atoms with Crippen LogP contribution in [0.1, 0.15) is 39.9 Å². The number of carbonyl (C=O) groups excluding carboxylic acids is 2. The summed E-state index contributed by atoms with van der Waals surface area (Å²) in [5, 5.41) is 6.36. The van der Waals surface area contributed by atoms with Crippen LogP contribution in [-0.2, 0) is 4.79 Å². The molecule has 0 aliphatic rings. The van der Waals surface area contributed by atoms with Crippen LogP contribution >= 0.6 is 11.6 Å². The van der Waals surface area contributed by atoms with Crippen molar-refractivity contribution >= 4 is 29.1 Å². The largest absolute Gasteiger partial charge is 0.352 e. The third kappa shape index (κ3) is 5.61. The number of aryl methyl sites for hydroxylation is 3. The molecule has 2 N–H and O–H groups in total. The molecule has 0 heterocycles. The maximum Gasteiger partial charge on any atom is 0.251 e. The third-order valence-corrected chi connectivity index (χ3v) is 4.17. The number of halogens is 1. The van der Waals surface area contributed by atoms with Gasteiger partial charge < -0.3 is 10.6 Å². The van der Waals surface area contributed by atoms with Crippen LogP contribution in [0.4, 0.5) is 5.69 Å². The maximum atomic E-state index is 12.1. The molecule has 0 radical (unpaired) electrons. The maximum absolute atomic E-state index is 12.1. The zero-order chi connectivity index (χ0) is 18.4. The third-order valence-electron chi connectivity index (χ3n) is 3.91. The SMILES string of the molecule is Cc1cc(C)c(NC(=O)CCCNC(=O)c2ccc(Cl)cc2)c(C)c1. The predicted octanol–water partition coefficient (Wildman–Crippen LogP) is 4.41. The average molecular weight is 359 g/mol. The zero-order valence-corrected chi connectivity index (χ0v) is 15.5. The van der Waals surface area contributed by atoms with Gasteiger partial charge in [-0.15, -0.1) is 0 Å². The van der Waals surface area contributed by atoms with Crippen LogP contribution in [0, 0.1) is 20.8 Å². The summed E-state index contributed by atoms with van der Waals surface area (Å²) in [4.78, 5) is 24.1. The summed E-state index contributed by atoms with van der Waals surface area (Å²) in [6.45, 7) is 6.46. The fraction of sp³-hybridized carbons (Fsp3) is 0.300. The molecule has 2 aromatic rings.